The largest absolute Gasteiger partial charge is 0.482 e. The Hall–Kier alpha value is -2.32. The number of carbonyl (C=O) groups excluding carboxylic acids is 1. The number of anilines is 1. The smallest absolute Gasteiger partial charge is 0.423 e. The van der Waals surface area contributed by atoms with E-state index < -0.39 is 34.2 Å². The lowest BCUT2D eigenvalue weighted by molar-refractivity contribution is -0.387. The van der Waals surface area contributed by atoms with Crippen molar-refractivity contribution in [2.45, 2.75) is 6.11 Å². The van der Waals surface area contributed by atoms with Crippen molar-refractivity contribution in [3.05, 3.63) is 28.1 Å². The van der Waals surface area contributed by atoms with Gasteiger partial charge in [0, 0.05) is 19.2 Å². The summed E-state index contributed by atoms with van der Waals surface area (Å²) in [6.45, 7) is 0. The summed E-state index contributed by atoms with van der Waals surface area (Å²) in [5, 5.41) is 10.5. The topological polar surface area (TPSA) is 72.7 Å². The molecule has 1 aromatic carbocycles. The van der Waals surface area contributed by atoms with Crippen molar-refractivity contribution < 1.29 is 27.6 Å². The van der Waals surface area contributed by atoms with Gasteiger partial charge in [0.15, 0.2) is 5.75 Å². The second kappa shape index (κ2) is 3.59. The molecule has 0 aliphatic carbocycles. The number of amides is 1. The Bertz CT molecular complexity index is 561. The average Bonchev–Trinajstić information content (AvgIpc) is 2.24. The third-order valence-corrected chi connectivity index (χ3v) is 2.38. The molecule has 0 atom stereocenters. The molecule has 0 spiro atoms. The van der Waals surface area contributed by atoms with Gasteiger partial charge in [-0.3, -0.25) is 14.9 Å². The summed E-state index contributed by atoms with van der Waals surface area (Å²) < 4.78 is 43.4. The van der Waals surface area contributed by atoms with Gasteiger partial charge in [0.1, 0.15) is 0 Å². The van der Waals surface area contributed by atoms with E-state index in [-0.39, 0.29) is 5.69 Å². The minimum absolute atomic E-state index is 0.293. The second-order valence-electron chi connectivity index (χ2n) is 3.51. The molecular formula is C9H5F3N2O4. The third-order valence-electron chi connectivity index (χ3n) is 2.38. The van der Waals surface area contributed by atoms with Gasteiger partial charge in [0.05, 0.1) is 10.6 Å². The molecule has 1 aromatic rings. The normalized spacial score (nSPS) is 17.1. The summed E-state index contributed by atoms with van der Waals surface area (Å²) in [7, 11) is 0.985. The zero-order valence-electron chi connectivity index (χ0n) is 8.82. The number of alkyl halides is 2. The van der Waals surface area contributed by atoms with Crippen molar-refractivity contribution in [3.63, 3.8) is 0 Å². The Morgan fingerprint density at radius 1 is 1.44 bits per heavy atom. The van der Waals surface area contributed by atoms with E-state index in [1.54, 1.807) is 0 Å². The van der Waals surface area contributed by atoms with Crippen LogP contribution >= 0.6 is 0 Å². The Morgan fingerprint density at radius 3 is 2.61 bits per heavy atom. The quantitative estimate of drug-likeness (QED) is 0.570. The first-order valence-corrected chi connectivity index (χ1v) is 4.57. The molecule has 9 heteroatoms. The van der Waals surface area contributed by atoms with Crippen molar-refractivity contribution >= 4 is 17.3 Å². The number of ether oxygens (including phenoxy) is 1. The maximum absolute atomic E-state index is 13.2. The molecule has 0 fully saturated rings. The van der Waals surface area contributed by atoms with Crippen LogP contribution < -0.4 is 9.64 Å². The van der Waals surface area contributed by atoms with E-state index in [9.17, 15) is 28.1 Å². The summed E-state index contributed by atoms with van der Waals surface area (Å²) >= 11 is 0. The summed E-state index contributed by atoms with van der Waals surface area (Å²) in [5.74, 6) is -3.64. The van der Waals surface area contributed by atoms with Crippen LogP contribution in [0.15, 0.2) is 12.1 Å². The Kier molecular flexibility index (Phi) is 2.42. The molecule has 0 aromatic heterocycles. The maximum atomic E-state index is 13.2. The van der Waals surface area contributed by atoms with E-state index in [0.717, 1.165) is 7.05 Å². The minimum Gasteiger partial charge on any atom is -0.423 e. The molecule has 0 unspecified atom stereocenters. The van der Waals surface area contributed by atoms with Gasteiger partial charge in [-0.2, -0.15) is 13.2 Å². The van der Waals surface area contributed by atoms with Gasteiger partial charge in [-0.1, -0.05) is 0 Å². The van der Waals surface area contributed by atoms with Gasteiger partial charge in [-0.25, -0.2) is 0 Å². The zero-order chi connectivity index (χ0) is 13.7. The molecule has 2 rings (SSSR count). The Labute approximate surface area is 97.7 Å². The molecule has 1 aliphatic heterocycles. The van der Waals surface area contributed by atoms with E-state index in [2.05, 4.69) is 4.74 Å². The Balaban J connectivity index is 2.62. The van der Waals surface area contributed by atoms with Crippen LogP contribution in [0.1, 0.15) is 0 Å². The number of benzene rings is 1. The number of nitro groups is 1. The van der Waals surface area contributed by atoms with Crippen molar-refractivity contribution in [2.24, 2.45) is 0 Å². The highest BCUT2D eigenvalue weighted by Crippen LogP contribution is 2.41. The first-order chi connectivity index (χ1) is 8.24. The molecule has 0 radical (unpaired) electrons. The van der Waals surface area contributed by atoms with Gasteiger partial charge in [0.25, 0.3) is 0 Å². The van der Waals surface area contributed by atoms with Crippen molar-refractivity contribution in [2.75, 3.05) is 11.9 Å². The van der Waals surface area contributed by atoms with Crippen LogP contribution in [0.2, 0.25) is 0 Å². The van der Waals surface area contributed by atoms with Crippen LogP contribution in [0.3, 0.4) is 0 Å². The van der Waals surface area contributed by atoms with Crippen LogP contribution in [-0.2, 0) is 4.79 Å². The van der Waals surface area contributed by atoms with Crippen molar-refractivity contribution in [1.29, 1.82) is 0 Å². The fraction of sp³-hybridized carbons (Fsp3) is 0.222. The summed E-state index contributed by atoms with van der Waals surface area (Å²) in [6, 6.07) is 1.11. The molecule has 0 bridgehead atoms. The number of hydrogen-bond donors (Lipinski definition) is 0. The minimum atomic E-state index is -4.12. The highest BCUT2D eigenvalue weighted by Gasteiger charge is 2.50. The van der Waals surface area contributed by atoms with Gasteiger partial charge >= 0.3 is 17.7 Å². The molecule has 0 N–H and O–H groups in total. The first kappa shape index (κ1) is 12.1. The molecule has 6 nitrogen and oxygen atoms in total. The Morgan fingerprint density at radius 2 is 2.06 bits per heavy atom. The molecule has 0 saturated heterocycles. The average molecular weight is 262 g/mol. The highest BCUT2D eigenvalue weighted by atomic mass is 19.3. The lowest BCUT2D eigenvalue weighted by atomic mass is 10.2. The standard InChI is InChI=1S/C9H5F3N2O4/c1-13-6-3-5(14(16)17)4(10)2-7(6)18-9(11,12)8(13)15/h2-3H,1H3. The number of hydrogen-bond acceptors (Lipinski definition) is 4. The van der Waals surface area contributed by atoms with E-state index >= 15 is 0 Å². The predicted molar refractivity (Wildman–Crippen MR) is 52.0 cm³/mol. The fourth-order valence-electron chi connectivity index (χ4n) is 1.50. The van der Waals surface area contributed by atoms with E-state index in [4.69, 9.17) is 0 Å². The third kappa shape index (κ3) is 1.63. The molecule has 96 valence electrons. The summed E-state index contributed by atoms with van der Waals surface area (Å²) in [5.41, 5.74) is -1.22. The number of fused-ring (bicyclic) bond motifs is 1. The number of nitrogens with zero attached hydrogens (tertiary/aromatic N) is 2. The number of nitro benzene ring substituents is 1. The first-order valence-electron chi connectivity index (χ1n) is 4.57. The molecular weight excluding hydrogens is 257 g/mol. The number of rotatable bonds is 1. The van der Waals surface area contributed by atoms with E-state index in [1.165, 1.54) is 0 Å². The van der Waals surface area contributed by atoms with Gasteiger partial charge in [-0.05, 0) is 0 Å². The van der Waals surface area contributed by atoms with E-state index in [1.807, 2.05) is 0 Å². The lowest BCUT2D eigenvalue weighted by Gasteiger charge is -2.30. The highest BCUT2D eigenvalue weighted by molar-refractivity contribution is 6.00. The van der Waals surface area contributed by atoms with Crippen molar-refractivity contribution in [1.82, 2.24) is 0 Å². The van der Waals surface area contributed by atoms with Crippen LogP contribution in [-0.4, -0.2) is 24.0 Å². The van der Waals surface area contributed by atoms with Crippen LogP contribution in [0.25, 0.3) is 0 Å². The maximum Gasteiger partial charge on any atom is 0.482 e. The molecule has 18 heavy (non-hydrogen) atoms. The van der Waals surface area contributed by atoms with Crippen LogP contribution in [0, 0.1) is 15.9 Å². The van der Waals surface area contributed by atoms with Gasteiger partial charge < -0.3 is 9.64 Å². The van der Waals surface area contributed by atoms with Crippen LogP contribution in [0.5, 0.6) is 5.75 Å². The lowest BCUT2D eigenvalue weighted by Crippen LogP contribution is -2.49. The molecule has 1 heterocycles. The fourth-order valence-corrected chi connectivity index (χ4v) is 1.50. The number of carbonyl (C=O) groups is 1. The van der Waals surface area contributed by atoms with E-state index in [0.29, 0.717) is 17.0 Å². The molecule has 1 aliphatic rings. The number of likely N-dealkylation sites (N-methyl/N-ethyl adjacent to an activating group) is 1. The van der Waals surface area contributed by atoms with Gasteiger partial charge in [-0.15, -0.1) is 0 Å². The zero-order valence-corrected chi connectivity index (χ0v) is 8.82. The molecule has 0 saturated carbocycles. The summed E-state index contributed by atoms with van der Waals surface area (Å²) in [6.07, 6.45) is -4.12. The summed E-state index contributed by atoms with van der Waals surface area (Å²) in [4.78, 5) is 21.1. The monoisotopic (exact) mass is 262 g/mol. The predicted octanol–water partition coefficient (Wildman–Crippen LogP) is 1.68. The van der Waals surface area contributed by atoms with Crippen LogP contribution in [0.4, 0.5) is 24.5 Å². The second-order valence-corrected chi connectivity index (χ2v) is 3.51. The molecule has 1 amide bonds. The van der Waals surface area contributed by atoms with Gasteiger partial charge in [0.2, 0.25) is 5.82 Å². The van der Waals surface area contributed by atoms with Crippen molar-refractivity contribution in [3.8, 4) is 5.75 Å². The number of halogens is 3. The SMILES string of the molecule is CN1C(=O)C(F)(F)Oc2cc(F)c([N+](=O)[O-])cc21.